The van der Waals surface area contributed by atoms with Crippen molar-refractivity contribution in [1.82, 2.24) is 15.1 Å². The van der Waals surface area contributed by atoms with E-state index in [1.807, 2.05) is 44.3 Å². The lowest BCUT2D eigenvalue weighted by Crippen LogP contribution is -2.46. The molecule has 1 amide bonds. The van der Waals surface area contributed by atoms with Crippen LogP contribution in [0.25, 0.3) is 0 Å². The first kappa shape index (κ1) is 29.6. The number of nitrogens with one attached hydrogen (secondary N) is 1. The SMILES string of the molecule is C=C(/C=C\C=C/C)[C@@H](CN1CC[C@H](NCCOCCOC)C1)N(C)C(=O)Cc1ccc(Cl)c(Cl)c1. The molecule has 1 aromatic rings. The Morgan fingerprint density at radius 1 is 1.29 bits per heavy atom. The summed E-state index contributed by atoms with van der Waals surface area (Å²) in [6, 6.07) is 5.59. The number of halogens is 2. The molecule has 0 unspecified atom stereocenters. The van der Waals surface area contributed by atoms with Gasteiger partial charge in [0.25, 0.3) is 0 Å². The Hall–Kier alpha value is -1.67. The van der Waals surface area contributed by atoms with E-state index in [0.29, 0.717) is 35.9 Å². The highest BCUT2D eigenvalue weighted by Gasteiger charge is 2.28. The van der Waals surface area contributed by atoms with Crippen LogP contribution in [0, 0.1) is 0 Å². The number of ether oxygens (including phenoxy) is 2. The van der Waals surface area contributed by atoms with Crippen molar-refractivity contribution < 1.29 is 14.3 Å². The second kappa shape index (κ2) is 16.1. The molecule has 35 heavy (non-hydrogen) atoms. The minimum Gasteiger partial charge on any atom is -0.382 e. The van der Waals surface area contributed by atoms with Crippen LogP contribution in [-0.4, -0.2) is 87.9 Å². The van der Waals surface area contributed by atoms with Crippen LogP contribution in [0.5, 0.6) is 0 Å². The van der Waals surface area contributed by atoms with Crippen LogP contribution in [0.1, 0.15) is 18.9 Å². The fraction of sp³-hybridized carbons (Fsp3) is 0.519. The lowest BCUT2D eigenvalue weighted by molar-refractivity contribution is -0.130. The van der Waals surface area contributed by atoms with Gasteiger partial charge in [-0.15, -0.1) is 0 Å². The van der Waals surface area contributed by atoms with Crippen LogP contribution in [0.15, 0.2) is 54.7 Å². The van der Waals surface area contributed by atoms with Crippen LogP contribution in [0.2, 0.25) is 10.0 Å². The predicted octanol–water partition coefficient (Wildman–Crippen LogP) is 4.38. The van der Waals surface area contributed by atoms with E-state index >= 15 is 0 Å². The lowest BCUT2D eigenvalue weighted by atomic mass is 10.0. The Labute approximate surface area is 220 Å². The number of amides is 1. The minimum atomic E-state index is -0.136. The third-order valence-electron chi connectivity index (χ3n) is 6.06. The topological polar surface area (TPSA) is 54.0 Å². The molecule has 0 aliphatic carbocycles. The zero-order valence-electron chi connectivity index (χ0n) is 21.1. The van der Waals surface area contributed by atoms with Crippen molar-refractivity contribution in [3.8, 4) is 0 Å². The number of likely N-dealkylation sites (N-methyl/N-ethyl adjacent to an activating group) is 1. The molecule has 194 valence electrons. The van der Waals surface area contributed by atoms with E-state index < -0.39 is 0 Å². The molecule has 2 atom stereocenters. The van der Waals surface area contributed by atoms with Crippen molar-refractivity contribution >= 4 is 29.1 Å². The highest BCUT2D eigenvalue weighted by molar-refractivity contribution is 6.42. The molecule has 1 N–H and O–H groups in total. The molecule has 1 aromatic carbocycles. The van der Waals surface area contributed by atoms with Gasteiger partial charge in [-0.1, -0.05) is 60.2 Å². The fourth-order valence-electron chi connectivity index (χ4n) is 4.00. The van der Waals surface area contributed by atoms with Gasteiger partial charge in [-0.05, 0) is 43.2 Å². The summed E-state index contributed by atoms with van der Waals surface area (Å²) in [7, 11) is 3.52. The number of nitrogens with zero attached hydrogens (tertiary/aromatic N) is 2. The maximum Gasteiger partial charge on any atom is 0.227 e. The third-order valence-corrected chi connectivity index (χ3v) is 6.80. The molecule has 1 fully saturated rings. The van der Waals surface area contributed by atoms with Gasteiger partial charge in [0.1, 0.15) is 0 Å². The van der Waals surface area contributed by atoms with Crippen molar-refractivity contribution in [3.63, 3.8) is 0 Å². The number of allylic oxidation sites excluding steroid dienone is 3. The van der Waals surface area contributed by atoms with E-state index in [-0.39, 0.29) is 18.4 Å². The fourth-order valence-corrected chi connectivity index (χ4v) is 4.32. The van der Waals surface area contributed by atoms with E-state index in [2.05, 4.69) is 16.8 Å². The van der Waals surface area contributed by atoms with E-state index in [9.17, 15) is 4.79 Å². The highest BCUT2D eigenvalue weighted by atomic mass is 35.5. The quantitative estimate of drug-likeness (QED) is 0.273. The van der Waals surface area contributed by atoms with Crippen molar-refractivity contribution in [1.29, 1.82) is 0 Å². The summed E-state index contributed by atoms with van der Waals surface area (Å²) in [5.74, 6) is 0.0102. The van der Waals surface area contributed by atoms with Crippen molar-refractivity contribution in [2.45, 2.75) is 31.8 Å². The van der Waals surface area contributed by atoms with Gasteiger partial charge >= 0.3 is 0 Å². The summed E-state index contributed by atoms with van der Waals surface area (Å²) in [6.45, 7) is 11.6. The first-order chi connectivity index (χ1) is 16.8. The summed E-state index contributed by atoms with van der Waals surface area (Å²) in [5.41, 5.74) is 1.74. The first-order valence-electron chi connectivity index (χ1n) is 12.1. The average Bonchev–Trinajstić information content (AvgIpc) is 3.29. The van der Waals surface area contributed by atoms with Gasteiger partial charge in [0.05, 0.1) is 42.3 Å². The predicted molar refractivity (Wildman–Crippen MR) is 145 cm³/mol. The second-order valence-electron chi connectivity index (χ2n) is 8.71. The molecule has 0 bridgehead atoms. The van der Waals surface area contributed by atoms with E-state index in [4.69, 9.17) is 32.7 Å². The number of rotatable bonds is 15. The number of benzene rings is 1. The van der Waals surface area contributed by atoms with Gasteiger partial charge in [-0.2, -0.15) is 0 Å². The van der Waals surface area contributed by atoms with Gasteiger partial charge in [0, 0.05) is 39.8 Å². The number of hydrogen-bond acceptors (Lipinski definition) is 5. The van der Waals surface area contributed by atoms with Crippen LogP contribution >= 0.6 is 23.2 Å². The third kappa shape index (κ3) is 10.5. The van der Waals surface area contributed by atoms with E-state index in [1.54, 1.807) is 24.1 Å². The Morgan fingerprint density at radius 2 is 2.09 bits per heavy atom. The summed E-state index contributed by atoms with van der Waals surface area (Å²) in [6.07, 6.45) is 9.19. The van der Waals surface area contributed by atoms with Crippen molar-refractivity contribution in [2.24, 2.45) is 0 Å². The standard InChI is InChI=1S/C27H39Cl2N3O3/c1-5-6-7-8-21(2)26(31(3)27(33)18-22-9-10-24(28)25(29)17-22)20-32-13-11-23(19-32)30-12-14-35-16-15-34-4/h5-10,17,23,26,30H,2,11-16,18-20H2,1,3-4H3/b6-5-,8-7-/t23-,26+/m0/s1. The lowest BCUT2D eigenvalue weighted by Gasteiger charge is -2.32. The molecule has 1 aliphatic heterocycles. The monoisotopic (exact) mass is 523 g/mol. The van der Waals surface area contributed by atoms with Crippen molar-refractivity contribution in [3.05, 3.63) is 70.3 Å². The summed E-state index contributed by atoms with van der Waals surface area (Å²) < 4.78 is 10.5. The van der Waals surface area contributed by atoms with Crippen LogP contribution in [-0.2, 0) is 20.7 Å². The smallest absolute Gasteiger partial charge is 0.227 e. The zero-order valence-corrected chi connectivity index (χ0v) is 22.7. The van der Waals surface area contributed by atoms with Gasteiger partial charge in [-0.3, -0.25) is 9.69 Å². The molecule has 0 radical (unpaired) electrons. The summed E-state index contributed by atoms with van der Waals surface area (Å²) >= 11 is 12.2. The largest absolute Gasteiger partial charge is 0.382 e. The number of carbonyl (C=O) groups is 1. The van der Waals surface area contributed by atoms with Crippen LogP contribution < -0.4 is 5.32 Å². The molecule has 0 saturated carbocycles. The maximum absolute atomic E-state index is 13.2. The Balaban J connectivity index is 1.97. The van der Waals surface area contributed by atoms with E-state index in [0.717, 1.165) is 43.7 Å². The Bertz CT molecular complexity index is 875. The van der Waals surface area contributed by atoms with Crippen LogP contribution in [0.4, 0.5) is 0 Å². The molecule has 1 aliphatic rings. The number of likely N-dealkylation sites (tertiary alicyclic amines) is 1. The molecule has 2 rings (SSSR count). The zero-order chi connectivity index (χ0) is 25.6. The molecule has 1 heterocycles. The number of methoxy groups -OCH3 is 1. The van der Waals surface area contributed by atoms with E-state index in [1.165, 1.54) is 0 Å². The molecular weight excluding hydrogens is 485 g/mol. The second-order valence-corrected chi connectivity index (χ2v) is 9.52. The molecule has 1 saturated heterocycles. The highest BCUT2D eigenvalue weighted by Crippen LogP contribution is 2.23. The van der Waals surface area contributed by atoms with Crippen molar-refractivity contribution in [2.75, 3.05) is 60.2 Å². The molecule has 6 nitrogen and oxygen atoms in total. The van der Waals surface area contributed by atoms with Gasteiger partial charge in [0.15, 0.2) is 0 Å². The number of hydrogen-bond donors (Lipinski definition) is 1. The Kier molecular flexibility index (Phi) is 13.6. The van der Waals surface area contributed by atoms with Gasteiger partial charge < -0.3 is 19.7 Å². The minimum absolute atomic E-state index is 0.0102. The average molecular weight is 525 g/mol. The molecule has 0 spiro atoms. The molecule has 0 aromatic heterocycles. The first-order valence-corrected chi connectivity index (χ1v) is 12.8. The summed E-state index contributed by atoms with van der Waals surface area (Å²) in [4.78, 5) is 17.4. The summed E-state index contributed by atoms with van der Waals surface area (Å²) in [5, 5.41) is 4.51. The molecule has 8 heteroatoms. The molecular formula is C27H39Cl2N3O3. The normalized spacial score (nSPS) is 17.5. The van der Waals surface area contributed by atoms with Gasteiger partial charge in [-0.25, -0.2) is 0 Å². The van der Waals surface area contributed by atoms with Gasteiger partial charge in [0.2, 0.25) is 5.91 Å². The van der Waals surface area contributed by atoms with Crippen LogP contribution in [0.3, 0.4) is 0 Å². The Morgan fingerprint density at radius 3 is 2.80 bits per heavy atom. The maximum atomic E-state index is 13.2. The number of carbonyl (C=O) groups excluding carboxylic acids is 1.